The summed E-state index contributed by atoms with van der Waals surface area (Å²) in [4.78, 5) is 8.53. The molecule has 3 rings (SSSR count). The van der Waals surface area contributed by atoms with Crippen LogP contribution in [0.1, 0.15) is 48.6 Å². The van der Waals surface area contributed by atoms with Crippen LogP contribution >= 0.6 is 11.6 Å². The molecule has 3 nitrogen and oxygen atoms in total. The first-order chi connectivity index (χ1) is 11.6. The number of allylic oxidation sites excluding steroid dienone is 1. The van der Waals surface area contributed by atoms with Crippen LogP contribution in [-0.4, -0.2) is 16.0 Å². The standard InChI is InChI=1S/C20H24ClN3/c1-4-18-19(21)20(23-12-22-18)24-17-9-7-15(8-10-17)16-6-5-13(2)14(3)11-16/h5-7,11-12,17H,4,8-10H2,1-3H3,(H,22,23,24). The van der Waals surface area contributed by atoms with Gasteiger partial charge >= 0.3 is 0 Å². The average molecular weight is 342 g/mol. The minimum Gasteiger partial charge on any atom is -0.366 e. The van der Waals surface area contributed by atoms with Crippen LogP contribution in [0, 0.1) is 13.8 Å². The van der Waals surface area contributed by atoms with Gasteiger partial charge in [-0.1, -0.05) is 42.8 Å². The van der Waals surface area contributed by atoms with Gasteiger partial charge in [-0.05, 0) is 61.8 Å². The fourth-order valence-corrected chi connectivity index (χ4v) is 3.40. The van der Waals surface area contributed by atoms with Crippen LogP contribution in [0.2, 0.25) is 5.02 Å². The van der Waals surface area contributed by atoms with E-state index in [1.807, 2.05) is 0 Å². The van der Waals surface area contributed by atoms with Crippen molar-refractivity contribution in [2.75, 3.05) is 5.32 Å². The molecule has 1 heterocycles. The average Bonchev–Trinajstić information content (AvgIpc) is 2.60. The smallest absolute Gasteiger partial charge is 0.148 e. The lowest BCUT2D eigenvalue weighted by atomic mass is 9.89. The van der Waals surface area contributed by atoms with Crippen molar-refractivity contribution in [1.82, 2.24) is 9.97 Å². The first kappa shape index (κ1) is 17.0. The van der Waals surface area contributed by atoms with Crippen molar-refractivity contribution in [3.8, 4) is 0 Å². The van der Waals surface area contributed by atoms with Crippen LogP contribution in [0.3, 0.4) is 0 Å². The number of anilines is 1. The summed E-state index contributed by atoms with van der Waals surface area (Å²) < 4.78 is 0. The van der Waals surface area contributed by atoms with E-state index < -0.39 is 0 Å². The lowest BCUT2D eigenvalue weighted by Gasteiger charge is -2.24. The predicted molar refractivity (Wildman–Crippen MR) is 102 cm³/mol. The van der Waals surface area contributed by atoms with Gasteiger partial charge in [0, 0.05) is 6.04 Å². The molecular formula is C20H24ClN3. The molecule has 126 valence electrons. The second-order valence-corrected chi connectivity index (χ2v) is 6.86. The molecule has 1 aromatic heterocycles. The molecular weight excluding hydrogens is 318 g/mol. The molecule has 1 aromatic carbocycles. The van der Waals surface area contributed by atoms with E-state index in [2.05, 4.69) is 60.3 Å². The largest absolute Gasteiger partial charge is 0.366 e. The fourth-order valence-electron chi connectivity index (χ4n) is 3.12. The van der Waals surface area contributed by atoms with Crippen LogP contribution in [0.25, 0.3) is 5.57 Å². The third kappa shape index (κ3) is 3.62. The van der Waals surface area contributed by atoms with Crippen LogP contribution in [0.5, 0.6) is 0 Å². The van der Waals surface area contributed by atoms with Crippen LogP contribution in [-0.2, 0) is 6.42 Å². The minimum atomic E-state index is 0.373. The maximum absolute atomic E-state index is 6.38. The highest BCUT2D eigenvalue weighted by molar-refractivity contribution is 6.33. The molecule has 1 N–H and O–H groups in total. The molecule has 0 spiro atoms. The van der Waals surface area contributed by atoms with E-state index in [1.54, 1.807) is 6.33 Å². The summed E-state index contributed by atoms with van der Waals surface area (Å²) in [7, 11) is 0. The summed E-state index contributed by atoms with van der Waals surface area (Å²) in [5, 5.41) is 4.15. The summed E-state index contributed by atoms with van der Waals surface area (Å²) in [6.07, 6.45) is 7.90. The highest BCUT2D eigenvalue weighted by atomic mass is 35.5. The van der Waals surface area contributed by atoms with Crippen molar-refractivity contribution < 1.29 is 0 Å². The molecule has 24 heavy (non-hydrogen) atoms. The van der Waals surface area contributed by atoms with Crippen LogP contribution < -0.4 is 5.32 Å². The Labute approximate surface area is 149 Å². The highest BCUT2D eigenvalue weighted by Gasteiger charge is 2.18. The van der Waals surface area contributed by atoms with Gasteiger partial charge in [-0.3, -0.25) is 0 Å². The third-order valence-corrected chi connectivity index (χ3v) is 5.22. The van der Waals surface area contributed by atoms with Crippen molar-refractivity contribution >= 4 is 23.0 Å². The monoisotopic (exact) mass is 341 g/mol. The molecule has 4 heteroatoms. The number of benzene rings is 1. The molecule has 0 saturated heterocycles. The fraction of sp³-hybridized carbons (Fsp3) is 0.400. The van der Waals surface area contributed by atoms with E-state index in [1.165, 1.54) is 22.3 Å². The zero-order valence-electron chi connectivity index (χ0n) is 14.6. The Morgan fingerprint density at radius 1 is 1.21 bits per heavy atom. The van der Waals surface area contributed by atoms with Gasteiger partial charge in [0.25, 0.3) is 0 Å². The molecule has 0 aliphatic heterocycles. The molecule has 1 aliphatic carbocycles. The van der Waals surface area contributed by atoms with Gasteiger partial charge in [-0.25, -0.2) is 9.97 Å². The van der Waals surface area contributed by atoms with Gasteiger partial charge < -0.3 is 5.32 Å². The molecule has 0 amide bonds. The second kappa shape index (κ2) is 7.35. The van der Waals surface area contributed by atoms with Crippen molar-refractivity contribution in [2.24, 2.45) is 0 Å². The summed E-state index contributed by atoms with van der Waals surface area (Å²) in [6, 6.07) is 7.11. The normalized spacial score (nSPS) is 17.5. The van der Waals surface area contributed by atoms with Gasteiger partial charge in [0.2, 0.25) is 0 Å². The van der Waals surface area contributed by atoms with Crippen molar-refractivity contribution in [1.29, 1.82) is 0 Å². The van der Waals surface area contributed by atoms with Crippen molar-refractivity contribution in [3.63, 3.8) is 0 Å². The lowest BCUT2D eigenvalue weighted by Crippen LogP contribution is -2.22. The van der Waals surface area contributed by atoms with Gasteiger partial charge in [0.15, 0.2) is 0 Å². The Morgan fingerprint density at radius 2 is 2.04 bits per heavy atom. The van der Waals surface area contributed by atoms with Crippen LogP contribution in [0.4, 0.5) is 5.82 Å². The van der Waals surface area contributed by atoms with Gasteiger partial charge in [-0.15, -0.1) is 0 Å². The molecule has 1 aliphatic rings. The summed E-state index contributed by atoms with van der Waals surface area (Å²) in [6.45, 7) is 6.39. The molecule has 0 bridgehead atoms. The predicted octanol–water partition coefficient (Wildman–Crippen LogP) is 5.36. The number of aryl methyl sites for hydroxylation is 3. The first-order valence-corrected chi connectivity index (χ1v) is 8.98. The Hall–Kier alpha value is -1.87. The molecule has 2 aromatic rings. The van der Waals surface area contributed by atoms with E-state index in [-0.39, 0.29) is 0 Å². The van der Waals surface area contributed by atoms with E-state index >= 15 is 0 Å². The lowest BCUT2D eigenvalue weighted by molar-refractivity contribution is 0.650. The van der Waals surface area contributed by atoms with Gasteiger partial charge in [-0.2, -0.15) is 0 Å². The SMILES string of the molecule is CCc1ncnc(NC2CC=C(c3ccc(C)c(C)c3)CC2)c1Cl. The summed E-state index contributed by atoms with van der Waals surface area (Å²) in [5.41, 5.74) is 6.40. The minimum absolute atomic E-state index is 0.373. The maximum Gasteiger partial charge on any atom is 0.148 e. The van der Waals surface area contributed by atoms with Crippen molar-refractivity contribution in [2.45, 2.75) is 52.5 Å². The molecule has 1 atom stereocenters. The Bertz CT molecular complexity index is 767. The van der Waals surface area contributed by atoms with Crippen molar-refractivity contribution in [3.05, 3.63) is 58.0 Å². The zero-order chi connectivity index (χ0) is 17.1. The quantitative estimate of drug-likeness (QED) is 0.813. The molecule has 0 saturated carbocycles. The number of hydrogen-bond acceptors (Lipinski definition) is 3. The number of aromatic nitrogens is 2. The number of halogens is 1. The van der Waals surface area contributed by atoms with E-state index in [0.717, 1.165) is 37.2 Å². The van der Waals surface area contributed by atoms with Gasteiger partial charge in [0.1, 0.15) is 17.2 Å². The maximum atomic E-state index is 6.38. The Morgan fingerprint density at radius 3 is 2.71 bits per heavy atom. The zero-order valence-corrected chi connectivity index (χ0v) is 15.3. The summed E-state index contributed by atoms with van der Waals surface area (Å²) in [5.74, 6) is 0.761. The second-order valence-electron chi connectivity index (χ2n) is 6.48. The number of rotatable bonds is 4. The van der Waals surface area contributed by atoms with E-state index in [0.29, 0.717) is 11.1 Å². The number of hydrogen-bond donors (Lipinski definition) is 1. The van der Waals surface area contributed by atoms with Gasteiger partial charge in [0.05, 0.1) is 5.69 Å². The Kier molecular flexibility index (Phi) is 5.20. The summed E-state index contributed by atoms with van der Waals surface area (Å²) >= 11 is 6.38. The van der Waals surface area contributed by atoms with E-state index in [9.17, 15) is 0 Å². The first-order valence-electron chi connectivity index (χ1n) is 8.61. The molecule has 0 fully saturated rings. The topological polar surface area (TPSA) is 37.8 Å². The Balaban J connectivity index is 1.70. The highest BCUT2D eigenvalue weighted by Crippen LogP contribution is 2.31. The van der Waals surface area contributed by atoms with Crippen LogP contribution in [0.15, 0.2) is 30.6 Å². The molecule has 0 radical (unpaired) electrons. The van der Waals surface area contributed by atoms with E-state index in [4.69, 9.17) is 11.6 Å². The molecule has 1 unspecified atom stereocenters. The number of nitrogens with one attached hydrogen (secondary N) is 1. The third-order valence-electron chi connectivity index (χ3n) is 4.83. The number of nitrogens with zero attached hydrogens (tertiary/aromatic N) is 2.